The molecule has 0 radical (unpaired) electrons. The van der Waals surface area contributed by atoms with Gasteiger partial charge in [0.25, 0.3) is 0 Å². The fourth-order valence-electron chi connectivity index (χ4n) is 1.96. The van der Waals surface area contributed by atoms with Crippen LogP contribution >= 0.6 is 35.3 Å². The summed E-state index contributed by atoms with van der Waals surface area (Å²) in [6.07, 6.45) is 1.84. The molecule has 0 aliphatic heterocycles. The van der Waals surface area contributed by atoms with Crippen molar-refractivity contribution in [2.24, 2.45) is 4.99 Å². The number of thiophene rings is 1. The SMILES string of the molecule is CN=C(NCCc1ccc(F)cc1)NCCc1cccs1.I. The van der Waals surface area contributed by atoms with Crippen LogP contribution in [-0.2, 0) is 12.8 Å². The number of nitrogens with one attached hydrogen (secondary N) is 2. The summed E-state index contributed by atoms with van der Waals surface area (Å²) in [6, 6.07) is 10.8. The fraction of sp³-hybridized carbons (Fsp3) is 0.312. The molecule has 0 fully saturated rings. The van der Waals surface area contributed by atoms with Crippen LogP contribution in [0.3, 0.4) is 0 Å². The van der Waals surface area contributed by atoms with Gasteiger partial charge in [0.2, 0.25) is 0 Å². The second kappa shape index (κ2) is 10.6. The molecule has 120 valence electrons. The van der Waals surface area contributed by atoms with Gasteiger partial charge in [-0.25, -0.2) is 4.39 Å². The zero-order chi connectivity index (χ0) is 14.9. The molecule has 0 saturated carbocycles. The van der Waals surface area contributed by atoms with Crippen LogP contribution in [0, 0.1) is 5.82 Å². The first-order valence-corrected chi connectivity index (χ1v) is 7.87. The van der Waals surface area contributed by atoms with E-state index in [1.54, 1.807) is 18.4 Å². The molecule has 0 bridgehead atoms. The van der Waals surface area contributed by atoms with Crippen LogP contribution in [0.2, 0.25) is 0 Å². The maximum atomic E-state index is 12.8. The van der Waals surface area contributed by atoms with Gasteiger partial charge in [-0.1, -0.05) is 18.2 Å². The standard InChI is InChI=1S/C16H20FN3S.HI/c1-18-16(20-11-9-15-3-2-12-21-15)19-10-8-13-4-6-14(17)7-5-13;/h2-7,12H,8-11H2,1H3,(H2,18,19,20);1H. The minimum atomic E-state index is -0.197. The lowest BCUT2D eigenvalue weighted by Crippen LogP contribution is -2.39. The van der Waals surface area contributed by atoms with Crippen LogP contribution in [0.5, 0.6) is 0 Å². The van der Waals surface area contributed by atoms with E-state index in [2.05, 4.69) is 33.1 Å². The van der Waals surface area contributed by atoms with E-state index in [1.807, 2.05) is 12.1 Å². The van der Waals surface area contributed by atoms with Crippen molar-refractivity contribution in [2.45, 2.75) is 12.8 Å². The summed E-state index contributed by atoms with van der Waals surface area (Å²) in [5.74, 6) is 0.603. The Bertz CT molecular complexity index is 555. The third-order valence-electron chi connectivity index (χ3n) is 3.09. The van der Waals surface area contributed by atoms with E-state index in [-0.39, 0.29) is 29.8 Å². The molecular formula is C16H21FIN3S. The Balaban J connectivity index is 0.00000242. The number of rotatable bonds is 6. The van der Waals surface area contributed by atoms with Crippen LogP contribution in [0.15, 0.2) is 46.8 Å². The Labute approximate surface area is 152 Å². The third-order valence-corrected chi connectivity index (χ3v) is 4.02. The minimum absolute atomic E-state index is 0. The van der Waals surface area contributed by atoms with Crippen molar-refractivity contribution in [2.75, 3.05) is 20.1 Å². The van der Waals surface area contributed by atoms with Gasteiger partial charge in [0, 0.05) is 25.0 Å². The summed E-state index contributed by atoms with van der Waals surface area (Å²) in [5, 5.41) is 8.64. The van der Waals surface area contributed by atoms with Gasteiger partial charge in [-0.2, -0.15) is 0 Å². The molecule has 1 aromatic carbocycles. The zero-order valence-electron chi connectivity index (χ0n) is 12.5. The van der Waals surface area contributed by atoms with Crippen LogP contribution in [0.4, 0.5) is 4.39 Å². The molecule has 22 heavy (non-hydrogen) atoms. The van der Waals surface area contributed by atoms with E-state index in [0.29, 0.717) is 0 Å². The van der Waals surface area contributed by atoms with Crippen molar-refractivity contribution < 1.29 is 4.39 Å². The number of hydrogen-bond donors (Lipinski definition) is 2. The Morgan fingerprint density at radius 3 is 2.36 bits per heavy atom. The van der Waals surface area contributed by atoms with Gasteiger partial charge >= 0.3 is 0 Å². The Hall–Kier alpha value is -1.15. The first-order valence-electron chi connectivity index (χ1n) is 6.99. The van der Waals surface area contributed by atoms with Crippen LogP contribution in [-0.4, -0.2) is 26.1 Å². The molecule has 0 saturated heterocycles. The van der Waals surface area contributed by atoms with E-state index in [0.717, 1.165) is 37.5 Å². The van der Waals surface area contributed by atoms with Crippen LogP contribution in [0.25, 0.3) is 0 Å². The third kappa shape index (κ3) is 6.74. The summed E-state index contributed by atoms with van der Waals surface area (Å²) >= 11 is 1.77. The smallest absolute Gasteiger partial charge is 0.190 e. The Kier molecular flexibility index (Phi) is 9.07. The van der Waals surface area contributed by atoms with E-state index < -0.39 is 0 Å². The van der Waals surface area contributed by atoms with Crippen molar-refractivity contribution in [3.05, 3.63) is 58.0 Å². The zero-order valence-corrected chi connectivity index (χ0v) is 15.7. The van der Waals surface area contributed by atoms with Gasteiger partial charge in [0.15, 0.2) is 5.96 Å². The molecule has 0 atom stereocenters. The lowest BCUT2D eigenvalue weighted by molar-refractivity contribution is 0.626. The quantitative estimate of drug-likeness (QED) is 0.416. The van der Waals surface area contributed by atoms with Gasteiger partial charge in [-0.05, 0) is 42.0 Å². The maximum Gasteiger partial charge on any atom is 0.190 e. The highest BCUT2D eigenvalue weighted by Crippen LogP contribution is 2.08. The first-order chi connectivity index (χ1) is 10.3. The molecule has 1 heterocycles. The van der Waals surface area contributed by atoms with Crippen molar-refractivity contribution >= 4 is 41.3 Å². The lowest BCUT2D eigenvalue weighted by Gasteiger charge is -2.11. The van der Waals surface area contributed by atoms with Gasteiger partial charge in [0.1, 0.15) is 5.82 Å². The molecule has 1 aromatic heterocycles. The van der Waals surface area contributed by atoms with E-state index >= 15 is 0 Å². The van der Waals surface area contributed by atoms with Crippen molar-refractivity contribution in [1.29, 1.82) is 0 Å². The normalized spacial score (nSPS) is 10.9. The predicted octanol–water partition coefficient (Wildman–Crippen LogP) is 3.46. The highest BCUT2D eigenvalue weighted by atomic mass is 127. The van der Waals surface area contributed by atoms with Gasteiger partial charge < -0.3 is 10.6 Å². The average molecular weight is 433 g/mol. The molecule has 3 nitrogen and oxygen atoms in total. The highest BCUT2D eigenvalue weighted by Gasteiger charge is 1.99. The number of hydrogen-bond acceptors (Lipinski definition) is 2. The molecule has 2 rings (SSSR count). The molecular weight excluding hydrogens is 412 g/mol. The number of aliphatic imine (C=N–C) groups is 1. The van der Waals surface area contributed by atoms with Crippen LogP contribution in [0.1, 0.15) is 10.4 Å². The number of benzene rings is 1. The van der Waals surface area contributed by atoms with E-state index in [1.165, 1.54) is 17.0 Å². The second-order valence-electron chi connectivity index (χ2n) is 4.63. The maximum absolute atomic E-state index is 12.8. The lowest BCUT2D eigenvalue weighted by atomic mass is 10.1. The molecule has 0 unspecified atom stereocenters. The topological polar surface area (TPSA) is 36.4 Å². The van der Waals surface area contributed by atoms with Crippen LogP contribution < -0.4 is 10.6 Å². The van der Waals surface area contributed by atoms with E-state index in [9.17, 15) is 4.39 Å². The largest absolute Gasteiger partial charge is 0.356 e. The number of nitrogens with zero attached hydrogens (tertiary/aromatic N) is 1. The van der Waals surface area contributed by atoms with Crippen molar-refractivity contribution in [1.82, 2.24) is 10.6 Å². The molecule has 6 heteroatoms. The van der Waals surface area contributed by atoms with Crippen molar-refractivity contribution in [3.63, 3.8) is 0 Å². The van der Waals surface area contributed by atoms with Gasteiger partial charge in [-0.3, -0.25) is 4.99 Å². The summed E-state index contributed by atoms with van der Waals surface area (Å²) < 4.78 is 12.8. The molecule has 2 N–H and O–H groups in total. The predicted molar refractivity (Wildman–Crippen MR) is 103 cm³/mol. The molecule has 0 aliphatic rings. The number of halogens is 2. The highest BCUT2D eigenvalue weighted by molar-refractivity contribution is 14.0. The Morgan fingerprint density at radius 2 is 1.77 bits per heavy atom. The molecule has 2 aromatic rings. The van der Waals surface area contributed by atoms with E-state index in [4.69, 9.17) is 0 Å². The molecule has 0 aliphatic carbocycles. The summed E-state index contributed by atoms with van der Waals surface area (Å²) in [7, 11) is 1.76. The van der Waals surface area contributed by atoms with Gasteiger partial charge in [-0.15, -0.1) is 35.3 Å². The summed E-state index contributed by atoms with van der Waals surface area (Å²) in [6.45, 7) is 1.63. The first kappa shape index (κ1) is 18.9. The van der Waals surface area contributed by atoms with Crippen molar-refractivity contribution in [3.8, 4) is 0 Å². The van der Waals surface area contributed by atoms with Gasteiger partial charge in [0.05, 0.1) is 0 Å². The average Bonchev–Trinajstić information content (AvgIpc) is 3.01. The summed E-state index contributed by atoms with van der Waals surface area (Å²) in [5.41, 5.74) is 1.11. The molecule has 0 amide bonds. The minimum Gasteiger partial charge on any atom is -0.356 e. The Morgan fingerprint density at radius 1 is 1.09 bits per heavy atom. The molecule has 0 spiro atoms. The fourth-order valence-corrected chi connectivity index (χ4v) is 2.66. The second-order valence-corrected chi connectivity index (χ2v) is 5.66. The monoisotopic (exact) mass is 433 g/mol. The summed E-state index contributed by atoms with van der Waals surface area (Å²) in [4.78, 5) is 5.56. The number of guanidine groups is 1.